The van der Waals surface area contributed by atoms with E-state index >= 15 is 0 Å². The van der Waals surface area contributed by atoms with Crippen LogP contribution in [0.15, 0.2) is 35.1 Å². The van der Waals surface area contributed by atoms with E-state index in [4.69, 9.17) is 0 Å². The smallest absolute Gasteiger partial charge is 0.110 e. The molecule has 0 saturated carbocycles. The second-order valence-corrected chi connectivity index (χ2v) is 5.42. The van der Waals surface area contributed by atoms with Gasteiger partial charge in [0.25, 0.3) is 0 Å². The number of hydrogen-bond donors (Lipinski definition) is 1. The van der Waals surface area contributed by atoms with Gasteiger partial charge in [-0.2, -0.15) is 0 Å². The first-order valence-corrected chi connectivity index (χ1v) is 6.80. The van der Waals surface area contributed by atoms with E-state index < -0.39 is 0 Å². The minimum Gasteiger partial charge on any atom is -0.338 e. The van der Waals surface area contributed by atoms with Gasteiger partial charge in [0.2, 0.25) is 0 Å². The zero-order valence-corrected chi connectivity index (χ0v) is 12.5. The summed E-state index contributed by atoms with van der Waals surface area (Å²) >= 11 is 3.50. The van der Waals surface area contributed by atoms with E-state index in [0.717, 1.165) is 16.7 Å². The van der Waals surface area contributed by atoms with Crippen molar-refractivity contribution in [3.05, 3.63) is 52.0 Å². The van der Waals surface area contributed by atoms with Crippen LogP contribution in [-0.2, 0) is 13.5 Å². The number of likely N-dealkylation sites (N-methyl/N-ethyl adjacent to an activating group) is 1. The van der Waals surface area contributed by atoms with E-state index in [0.29, 0.717) is 6.04 Å². The molecule has 0 aliphatic rings. The molecule has 0 aliphatic carbocycles. The maximum atomic E-state index is 4.39. The minimum atomic E-state index is 0.291. The molecule has 2 aromatic rings. The van der Waals surface area contributed by atoms with Crippen LogP contribution in [0.2, 0.25) is 0 Å². The van der Waals surface area contributed by atoms with Crippen molar-refractivity contribution in [3.8, 4) is 0 Å². The van der Waals surface area contributed by atoms with Crippen molar-refractivity contribution in [2.75, 3.05) is 7.05 Å². The van der Waals surface area contributed by atoms with E-state index in [-0.39, 0.29) is 0 Å². The van der Waals surface area contributed by atoms with Crippen molar-refractivity contribution < 1.29 is 0 Å². The molecule has 0 bridgehead atoms. The lowest BCUT2D eigenvalue weighted by atomic mass is 9.98. The third-order valence-electron chi connectivity index (χ3n) is 3.26. The highest BCUT2D eigenvalue weighted by molar-refractivity contribution is 9.10. The summed E-state index contributed by atoms with van der Waals surface area (Å²) in [5.41, 5.74) is 2.61. The molecule has 4 heteroatoms. The number of benzene rings is 1. The lowest BCUT2D eigenvalue weighted by Crippen LogP contribution is -2.21. The Kier molecular flexibility index (Phi) is 4.19. The molecular weight excluding hydrogens is 290 g/mol. The van der Waals surface area contributed by atoms with E-state index in [1.807, 2.05) is 26.5 Å². The van der Waals surface area contributed by atoms with E-state index in [2.05, 4.69) is 55.9 Å². The number of nitrogens with zero attached hydrogens (tertiary/aromatic N) is 2. The first kappa shape index (κ1) is 13.3. The first-order valence-electron chi connectivity index (χ1n) is 6.01. The summed E-state index contributed by atoms with van der Waals surface area (Å²) < 4.78 is 3.19. The molecule has 0 aliphatic heterocycles. The molecule has 18 heavy (non-hydrogen) atoms. The van der Waals surface area contributed by atoms with Gasteiger partial charge in [0.1, 0.15) is 5.82 Å². The number of hydrogen-bond acceptors (Lipinski definition) is 2. The molecule has 96 valence electrons. The Morgan fingerprint density at radius 2 is 2.22 bits per heavy atom. The molecule has 0 radical (unpaired) electrons. The van der Waals surface area contributed by atoms with E-state index in [1.54, 1.807) is 0 Å². The van der Waals surface area contributed by atoms with Crippen LogP contribution in [0.5, 0.6) is 0 Å². The van der Waals surface area contributed by atoms with Crippen molar-refractivity contribution in [2.24, 2.45) is 7.05 Å². The summed E-state index contributed by atoms with van der Waals surface area (Å²) in [6.45, 7) is 2.14. The predicted molar refractivity (Wildman–Crippen MR) is 77.6 cm³/mol. The molecule has 0 fully saturated rings. The monoisotopic (exact) mass is 307 g/mol. The van der Waals surface area contributed by atoms with Crippen LogP contribution < -0.4 is 5.32 Å². The molecule has 1 heterocycles. The fraction of sp³-hybridized carbons (Fsp3) is 0.357. The van der Waals surface area contributed by atoms with Gasteiger partial charge in [-0.3, -0.25) is 0 Å². The summed E-state index contributed by atoms with van der Waals surface area (Å²) in [6, 6.07) is 6.70. The fourth-order valence-corrected chi connectivity index (χ4v) is 2.65. The molecule has 3 nitrogen and oxygen atoms in total. The summed E-state index contributed by atoms with van der Waals surface area (Å²) in [6.07, 6.45) is 4.72. The average molecular weight is 308 g/mol. The molecule has 1 unspecified atom stereocenters. The van der Waals surface area contributed by atoms with E-state index in [1.165, 1.54) is 11.1 Å². The molecule has 2 rings (SSSR count). The number of halogens is 1. The van der Waals surface area contributed by atoms with Crippen LogP contribution in [0.25, 0.3) is 0 Å². The first-order chi connectivity index (χ1) is 8.61. The molecule has 1 atom stereocenters. The van der Waals surface area contributed by atoms with Gasteiger partial charge in [0.15, 0.2) is 0 Å². The average Bonchev–Trinajstić information content (AvgIpc) is 2.73. The van der Waals surface area contributed by atoms with E-state index in [9.17, 15) is 0 Å². The van der Waals surface area contributed by atoms with Crippen LogP contribution in [0.1, 0.15) is 23.0 Å². The molecular formula is C14H18BrN3. The number of rotatable bonds is 4. The zero-order chi connectivity index (χ0) is 13.1. The topological polar surface area (TPSA) is 29.9 Å². The van der Waals surface area contributed by atoms with Crippen molar-refractivity contribution >= 4 is 15.9 Å². The SMILES string of the molecule is CNC(Cc1nccn1C)c1ccc(Br)cc1C. The normalized spacial score (nSPS) is 12.7. The van der Waals surface area contributed by atoms with Gasteiger partial charge in [-0.25, -0.2) is 4.98 Å². The minimum absolute atomic E-state index is 0.291. The van der Waals surface area contributed by atoms with Gasteiger partial charge in [-0.05, 0) is 37.2 Å². The van der Waals surface area contributed by atoms with Crippen LogP contribution in [0, 0.1) is 6.92 Å². The summed E-state index contributed by atoms with van der Waals surface area (Å²) in [4.78, 5) is 4.39. The summed E-state index contributed by atoms with van der Waals surface area (Å²) in [5, 5.41) is 3.38. The molecule has 0 amide bonds. The van der Waals surface area contributed by atoms with Gasteiger partial charge in [0.05, 0.1) is 0 Å². The fourth-order valence-electron chi connectivity index (χ4n) is 2.17. The second kappa shape index (κ2) is 5.67. The van der Waals surface area contributed by atoms with Crippen LogP contribution >= 0.6 is 15.9 Å². The Bertz CT molecular complexity index is 534. The second-order valence-electron chi connectivity index (χ2n) is 4.50. The Labute approximate surface area is 116 Å². The Balaban J connectivity index is 2.26. The maximum Gasteiger partial charge on any atom is 0.110 e. The summed E-state index contributed by atoms with van der Waals surface area (Å²) in [7, 11) is 4.03. The zero-order valence-electron chi connectivity index (χ0n) is 10.9. The van der Waals surface area contributed by atoms with Crippen molar-refractivity contribution in [1.29, 1.82) is 0 Å². The van der Waals surface area contributed by atoms with Gasteiger partial charge in [0, 0.05) is 36.4 Å². The van der Waals surface area contributed by atoms with Gasteiger partial charge in [-0.1, -0.05) is 22.0 Å². The molecule has 1 aromatic carbocycles. The van der Waals surface area contributed by atoms with Crippen molar-refractivity contribution in [1.82, 2.24) is 14.9 Å². The van der Waals surface area contributed by atoms with Gasteiger partial charge in [-0.15, -0.1) is 0 Å². The number of nitrogens with one attached hydrogen (secondary N) is 1. The standard InChI is InChI=1S/C14H18BrN3/c1-10-8-11(15)4-5-12(10)13(16-2)9-14-17-6-7-18(14)3/h4-8,13,16H,9H2,1-3H3. The van der Waals surface area contributed by atoms with Crippen LogP contribution in [-0.4, -0.2) is 16.6 Å². The maximum absolute atomic E-state index is 4.39. The highest BCUT2D eigenvalue weighted by Crippen LogP contribution is 2.23. The van der Waals surface area contributed by atoms with Gasteiger partial charge >= 0.3 is 0 Å². The Morgan fingerprint density at radius 1 is 1.44 bits per heavy atom. The molecule has 1 aromatic heterocycles. The lowest BCUT2D eigenvalue weighted by Gasteiger charge is -2.19. The number of aromatic nitrogens is 2. The van der Waals surface area contributed by atoms with Crippen LogP contribution in [0.3, 0.4) is 0 Å². The Morgan fingerprint density at radius 3 is 2.78 bits per heavy atom. The highest BCUT2D eigenvalue weighted by atomic mass is 79.9. The van der Waals surface area contributed by atoms with Crippen molar-refractivity contribution in [2.45, 2.75) is 19.4 Å². The quantitative estimate of drug-likeness (QED) is 0.941. The predicted octanol–water partition coefficient (Wildman–Crippen LogP) is 2.99. The lowest BCUT2D eigenvalue weighted by molar-refractivity contribution is 0.561. The largest absolute Gasteiger partial charge is 0.338 e. The third-order valence-corrected chi connectivity index (χ3v) is 3.76. The number of aryl methyl sites for hydroxylation is 2. The molecule has 1 N–H and O–H groups in total. The number of imidazole rings is 1. The molecule has 0 spiro atoms. The highest BCUT2D eigenvalue weighted by Gasteiger charge is 2.14. The van der Waals surface area contributed by atoms with Crippen molar-refractivity contribution in [3.63, 3.8) is 0 Å². The summed E-state index contributed by atoms with van der Waals surface area (Å²) in [5.74, 6) is 1.09. The Hall–Kier alpha value is -1.13. The molecule has 0 saturated heterocycles. The van der Waals surface area contributed by atoms with Crippen LogP contribution in [0.4, 0.5) is 0 Å². The van der Waals surface area contributed by atoms with Gasteiger partial charge < -0.3 is 9.88 Å². The third kappa shape index (κ3) is 2.82.